The first-order chi connectivity index (χ1) is 9.74. The maximum atomic E-state index is 11.8. The topological polar surface area (TPSA) is 50.7 Å². The highest BCUT2D eigenvalue weighted by Crippen LogP contribution is 2.42. The molecule has 1 heterocycles. The normalized spacial score (nSPS) is 22.6. The van der Waals surface area contributed by atoms with Crippen molar-refractivity contribution in [3.63, 3.8) is 0 Å². The van der Waals surface area contributed by atoms with Gasteiger partial charge in [0.1, 0.15) is 0 Å². The molecular formula is C14H22BrN3OS. The van der Waals surface area contributed by atoms with Crippen molar-refractivity contribution in [1.82, 2.24) is 14.8 Å². The number of nitrogens with one attached hydrogen (secondary N) is 1. The molecule has 0 saturated heterocycles. The van der Waals surface area contributed by atoms with Gasteiger partial charge in [0.05, 0.1) is 0 Å². The van der Waals surface area contributed by atoms with Gasteiger partial charge in [-0.25, -0.2) is 9.89 Å². The molecule has 2 fully saturated rings. The number of rotatable bonds is 5. The molecule has 1 aromatic heterocycles. The third kappa shape index (κ3) is 3.16. The van der Waals surface area contributed by atoms with Crippen molar-refractivity contribution < 1.29 is 0 Å². The summed E-state index contributed by atoms with van der Waals surface area (Å²) in [5.74, 6) is 1.06. The molecule has 0 spiro atoms. The van der Waals surface area contributed by atoms with Crippen molar-refractivity contribution in [2.75, 3.05) is 11.1 Å². The Morgan fingerprint density at radius 2 is 2.00 bits per heavy atom. The Kier molecular flexibility index (Phi) is 4.60. The summed E-state index contributed by atoms with van der Waals surface area (Å²) in [7, 11) is 0. The van der Waals surface area contributed by atoms with Gasteiger partial charge < -0.3 is 0 Å². The summed E-state index contributed by atoms with van der Waals surface area (Å²) in [6.45, 7) is 0. The molecule has 2 aliphatic carbocycles. The SMILES string of the molecule is O=c1[nH]nc(SCC2(CBr)CCCCCC2)n1C1CC1. The molecule has 112 valence electrons. The number of H-pyrrole nitrogens is 1. The molecule has 0 unspecified atom stereocenters. The van der Waals surface area contributed by atoms with E-state index in [9.17, 15) is 4.79 Å². The van der Waals surface area contributed by atoms with Gasteiger partial charge in [-0.3, -0.25) is 4.57 Å². The van der Waals surface area contributed by atoms with E-state index in [2.05, 4.69) is 26.1 Å². The summed E-state index contributed by atoms with van der Waals surface area (Å²) in [5, 5.41) is 8.79. The molecule has 0 aliphatic heterocycles. The van der Waals surface area contributed by atoms with Gasteiger partial charge in [0.25, 0.3) is 0 Å². The van der Waals surface area contributed by atoms with Crippen LogP contribution in [0.2, 0.25) is 0 Å². The monoisotopic (exact) mass is 359 g/mol. The number of hydrogen-bond donors (Lipinski definition) is 1. The van der Waals surface area contributed by atoms with Crippen molar-refractivity contribution in [2.45, 2.75) is 62.6 Å². The molecule has 0 radical (unpaired) electrons. The van der Waals surface area contributed by atoms with Gasteiger partial charge >= 0.3 is 5.69 Å². The van der Waals surface area contributed by atoms with E-state index in [4.69, 9.17) is 0 Å². The zero-order valence-corrected chi connectivity index (χ0v) is 14.1. The highest BCUT2D eigenvalue weighted by molar-refractivity contribution is 9.09. The van der Waals surface area contributed by atoms with Gasteiger partial charge in [0, 0.05) is 17.1 Å². The summed E-state index contributed by atoms with van der Waals surface area (Å²) in [6.07, 6.45) is 10.2. The Bertz CT molecular complexity index is 501. The predicted molar refractivity (Wildman–Crippen MR) is 85.8 cm³/mol. The second-order valence-electron chi connectivity index (χ2n) is 6.25. The van der Waals surface area contributed by atoms with Crippen LogP contribution in [-0.2, 0) is 0 Å². The standard InChI is InChI=1S/C14H22BrN3OS/c15-9-14(7-3-1-2-4-8-14)10-20-13-17-16-12(19)18(13)11-5-6-11/h11H,1-10H2,(H,16,19). The first-order valence-corrected chi connectivity index (χ1v) is 9.70. The van der Waals surface area contributed by atoms with E-state index >= 15 is 0 Å². The van der Waals surface area contributed by atoms with Crippen LogP contribution in [0.4, 0.5) is 0 Å². The average molecular weight is 360 g/mol. The minimum Gasteiger partial charge on any atom is -0.267 e. The highest BCUT2D eigenvalue weighted by Gasteiger charge is 2.33. The molecule has 1 N–H and O–H groups in total. The molecule has 4 nitrogen and oxygen atoms in total. The van der Waals surface area contributed by atoms with Gasteiger partial charge in [0.15, 0.2) is 5.16 Å². The summed E-state index contributed by atoms with van der Waals surface area (Å²) in [4.78, 5) is 11.8. The van der Waals surface area contributed by atoms with Crippen molar-refractivity contribution >= 4 is 27.7 Å². The lowest BCUT2D eigenvalue weighted by molar-refractivity contribution is 0.334. The molecule has 2 aliphatic rings. The molecule has 0 atom stereocenters. The number of aromatic nitrogens is 3. The lowest BCUT2D eigenvalue weighted by atomic mass is 9.85. The van der Waals surface area contributed by atoms with Crippen LogP contribution in [0.25, 0.3) is 0 Å². The average Bonchev–Trinajstić information content (AvgIpc) is 3.25. The van der Waals surface area contributed by atoms with Crippen LogP contribution in [0.3, 0.4) is 0 Å². The maximum Gasteiger partial charge on any atom is 0.344 e. The zero-order chi connectivity index (χ0) is 14.0. The number of nitrogens with zero attached hydrogens (tertiary/aromatic N) is 2. The fraction of sp³-hybridized carbons (Fsp3) is 0.857. The minimum absolute atomic E-state index is 0.0382. The number of halogens is 1. The van der Waals surface area contributed by atoms with Gasteiger partial charge in [-0.1, -0.05) is 53.4 Å². The lowest BCUT2D eigenvalue weighted by Crippen LogP contribution is -2.25. The van der Waals surface area contributed by atoms with Crippen LogP contribution < -0.4 is 5.69 Å². The van der Waals surface area contributed by atoms with Gasteiger partial charge in [-0.05, 0) is 31.1 Å². The Morgan fingerprint density at radius 3 is 2.60 bits per heavy atom. The van der Waals surface area contributed by atoms with Crippen LogP contribution in [-0.4, -0.2) is 25.8 Å². The van der Waals surface area contributed by atoms with Crippen molar-refractivity contribution in [3.05, 3.63) is 10.5 Å². The first kappa shape index (κ1) is 14.7. The molecule has 0 amide bonds. The Hall–Kier alpha value is -0.230. The fourth-order valence-electron chi connectivity index (χ4n) is 3.06. The van der Waals surface area contributed by atoms with E-state index in [-0.39, 0.29) is 5.69 Å². The molecule has 6 heteroatoms. The Balaban J connectivity index is 1.69. The van der Waals surface area contributed by atoms with E-state index < -0.39 is 0 Å². The molecule has 2 saturated carbocycles. The molecule has 20 heavy (non-hydrogen) atoms. The third-order valence-corrected chi connectivity index (χ3v) is 7.03. The quantitative estimate of drug-likeness (QED) is 0.495. The van der Waals surface area contributed by atoms with Crippen LogP contribution in [0.5, 0.6) is 0 Å². The Morgan fingerprint density at radius 1 is 1.30 bits per heavy atom. The number of aromatic amines is 1. The highest BCUT2D eigenvalue weighted by atomic mass is 79.9. The summed E-state index contributed by atoms with van der Waals surface area (Å²) < 4.78 is 1.86. The second kappa shape index (κ2) is 6.26. The number of thioether (sulfide) groups is 1. The second-order valence-corrected chi connectivity index (χ2v) is 7.75. The molecule has 0 bridgehead atoms. The number of hydrogen-bond acceptors (Lipinski definition) is 3. The first-order valence-electron chi connectivity index (χ1n) is 7.60. The smallest absolute Gasteiger partial charge is 0.267 e. The van der Waals surface area contributed by atoms with E-state index in [1.54, 1.807) is 11.8 Å². The summed E-state index contributed by atoms with van der Waals surface area (Å²) >= 11 is 5.50. The number of alkyl halides is 1. The van der Waals surface area contributed by atoms with Crippen LogP contribution in [0.15, 0.2) is 9.95 Å². The fourth-order valence-corrected chi connectivity index (χ4v) is 5.39. The maximum absolute atomic E-state index is 11.8. The van der Waals surface area contributed by atoms with Gasteiger partial charge in [-0.15, -0.1) is 5.10 Å². The summed E-state index contributed by atoms with van der Waals surface area (Å²) in [6, 6.07) is 0.401. The predicted octanol–water partition coefficient (Wildman–Crippen LogP) is 3.73. The van der Waals surface area contributed by atoms with Crippen LogP contribution >= 0.6 is 27.7 Å². The van der Waals surface area contributed by atoms with Crippen molar-refractivity contribution in [3.8, 4) is 0 Å². The molecular weight excluding hydrogens is 338 g/mol. The van der Waals surface area contributed by atoms with Gasteiger partial charge in [0.2, 0.25) is 0 Å². The van der Waals surface area contributed by atoms with Crippen LogP contribution in [0.1, 0.15) is 57.4 Å². The molecule has 3 rings (SSSR count). The summed E-state index contributed by atoms with van der Waals surface area (Å²) in [5.41, 5.74) is 0.341. The minimum atomic E-state index is -0.0382. The Labute approximate surface area is 132 Å². The largest absolute Gasteiger partial charge is 0.344 e. The molecule has 1 aromatic rings. The van der Waals surface area contributed by atoms with Crippen molar-refractivity contribution in [2.24, 2.45) is 5.41 Å². The van der Waals surface area contributed by atoms with E-state index in [0.717, 1.165) is 29.1 Å². The van der Waals surface area contributed by atoms with Crippen LogP contribution in [0, 0.1) is 5.41 Å². The van der Waals surface area contributed by atoms with Gasteiger partial charge in [-0.2, -0.15) is 0 Å². The van der Waals surface area contributed by atoms with Crippen molar-refractivity contribution in [1.29, 1.82) is 0 Å². The molecule has 0 aromatic carbocycles. The van der Waals surface area contributed by atoms with E-state index in [1.807, 2.05) is 4.57 Å². The zero-order valence-electron chi connectivity index (χ0n) is 11.7. The van der Waals surface area contributed by atoms with E-state index in [1.165, 1.54) is 38.5 Å². The lowest BCUT2D eigenvalue weighted by Gasteiger charge is -2.30. The van der Waals surface area contributed by atoms with E-state index in [0.29, 0.717) is 11.5 Å². The third-order valence-electron chi connectivity index (χ3n) is 4.54.